The average molecular weight is 451 g/mol. The van der Waals surface area contributed by atoms with Crippen LogP contribution in [0, 0.1) is 11.6 Å². The van der Waals surface area contributed by atoms with E-state index in [1.165, 1.54) is 68.8 Å². The first-order valence-electron chi connectivity index (χ1n) is 9.90. The number of ketones is 1. The van der Waals surface area contributed by atoms with Crippen molar-refractivity contribution in [3.8, 4) is 11.5 Å². The lowest BCUT2D eigenvalue weighted by Gasteiger charge is -2.25. The molecule has 0 aliphatic carbocycles. The average Bonchev–Trinajstić information content (AvgIpc) is 3.08. The van der Waals surface area contributed by atoms with Crippen molar-refractivity contribution in [1.29, 1.82) is 0 Å². The number of nitrogens with zero attached hydrogens (tertiary/aromatic N) is 1. The predicted octanol–water partition coefficient (Wildman–Crippen LogP) is 4.61. The summed E-state index contributed by atoms with van der Waals surface area (Å²) in [6.07, 6.45) is 0. The normalized spacial score (nSPS) is 17.3. The molecule has 168 valence electrons. The van der Waals surface area contributed by atoms with Crippen LogP contribution in [0.4, 0.5) is 14.5 Å². The summed E-state index contributed by atoms with van der Waals surface area (Å²) in [6.45, 7) is 0. The fourth-order valence-corrected chi connectivity index (χ4v) is 3.85. The number of hydrogen-bond acceptors (Lipinski definition) is 5. The Morgan fingerprint density at radius 2 is 1.64 bits per heavy atom. The maximum absolute atomic E-state index is 14.9. The summed E-state index contributed by atoms with van der Waals surface area (Å²) in [5.74, 6) is -3.23. The summed E-state index contributed by atoms with van der Waals surface area (Å²) in [6, 6.07) is 13.7. The van der Waals surface area contributed by atoms with Gasteiger partial charge in [0.15, 0.2) is 11.5 Å². The number of benzene rings is 3. The number of ether oxygens (including phenoxy) is 2. The molecule has 8 heteroatoms. The molecule has 1 saturated heterocycles. The largest absolute Gasteiger partial charge is 0.507 e. The van der Waals surface area contributed by atoms with Gasteiger partial charge in [0.2, 0.25) is 0 Å². The van der Waals surface area contributed by atoms with Crippen molar-refractivity contribution in [2.75, 3.05) is 19.1 Å². The third kappa shape index (κ3) is 3.80. The maximum Gasteiger partial charge on any atom is 0.300 e. The van der Waals surface area contributed by atoms with Gasteiger partial charge in [-0.2, -0.15) is 0 Å². The number of rotatable bonds is 5. The first-order chi connectivity index (χ1) is 15.9. The molecule has 4 rings (SSSR count). The van der Waals surface area contributed by atoms with E-state index < -0.39 is 35.1 Å². The van der Waals surface area contributed by atoms with E-state index in [-0.39, 0.29) is 28.1 Å². The summed E-state index contributed by atoms with van der Waals surface area (Å²) < 4.78 is 39.2. The highest BCUT2D eigenvalue weighted by molar-refractivity contribution is 6.51. The van der Waals surface area contributed by atoms with E-state index in [1.807, 2.05) is 0 Å². The SMILES string of the molecule is COc1ccc(/C(O)=C2\C(=O)C(=O)N(c3cccc(F)c3)C2c2ccccc2F)cc1OC. The lowest BCUT2D eigenvalue weighted by molar-refractivity contribution is -0.132. The van der Waals surface area contributed by atoms with E-state index in [2.05, 4.69) is 0 Å². The molecule has 0 bridgehead atoms. The van der Waals surface area contributed by atoms with Crippen molar-refractivity contribution in [2.45, 2.75) is 6.04 Å². The summed E-state index contributed by atoms with van der Waals surface area (Å²) in [5.41, 5.74) is -0.146. The predicted molar refractivity (Wildman–Crippen MR) is 117 cm³/mol. The molecule has 6 nitrogen and oxygen atoms in total. The molecule has 1 fully saturated rings. The Morgan fingerprint density at radius 3 is 2.30 bits per heavy atom. The smallest absolute Gasteiger partial charge is 0.300 e. The number of carbonyl (C=O) groups is 2. The van der Waals surface area contributed by atoms with E-state index in [9.17, 15) is 23.5 Å². The Balaban J connectivity index is 1.97. The van der Waals surface area contributed by atoms with Crippen LogP contribution in [-0.4, -0.2) is 31.0 Å². The van der Waals surface area contributed by atoms with Gasteiger partial charge in [0.05, 0.1) is 25.8 Å². The Hall–Kier alpha value is -4.20. The highest BCUT2D eigenvalue weighted by atomic mass is 19.1. The Kier molecular flexibility index (Phi) is 5.83. The van der Waals surface area contributed by atoms with Crippen molar-refractivity contribution < 1.29 is 33.0 Å². The molecule has 0 spiro atoms. The van der Waals surface area contributed by atoms with E-state index >= 15 is 0 Å². The molecule has 3 aromatic carbocycles. The van der Waals surface area contributed by atoms with Gasteiger partial charge in [-0.05, 0) is 42.5 Å². The Bertz CT molecular complexity index is 1290. The molecular weight excluding hydrogens is 432 g/mol. The van der Waals surface area contributed by atoms with Gasteiger partial charge in [0, 0.05) is 16.8 Å². The van der Waals surface area contributed by atoms with Crippen LogP contribution < -0.4 is 14.4 Å². The summed E-state index contributed by atoms with van der Waals surface area (Å²) >= 11 is 0. The molecule has 1 amide bonds. The van der Waals surface area contributed by atoms with Crippen LogP contribution in [-0.2, 0) is 9.59 Å². The lowest BCUT2D eigenvalue weighted by atomic mass is 9.94. The van der Waals surface area contributed by atoms with E-state index in [0.29, 0.717) is 5.75 Å². The van der Waals surface area contributed by atoms with Crippen molar-refractivity contribution in [1.82, 2.24) is 0 Å². The summed E-state index contributed by atoms with van der Waals surface area (Å²) in [5, 5.41) is 11.1. The summed E-state index contributed by atoms with van der Waals surface area (Å²) in [7, 11) is 2.85. The Labute approximate surface area is 188 Å². The standard InChI is InChI=1S/C25H19F2NO5/c1-32-19-11-10-14(12-20(19)33-2)23(29)21-22(17-8-3-4-9-18(17)27)28(25(31)24(21)30)16-7-5-6-15(26)13-16/h3-13,22,29H,1-2H3/b23-21+. The first-order valence-corrected chi connectivity index (χ1v) is 9.90. The van der Waals surface area contributed by atoms with Gasteiger partial charge < -0.3 is 14.6 Å². The lowest BCUT2D eigenvalue weighted by Crippen LogP contribution is -2.30. The number of aliphatic hydroxyl groups is 1. The van der Waals surface area contributed by atoms with E-state index in [4.69, 9.17) is 9.47 Å². The second-order valence-electron chi connectivity index (χ2n) is 7.24. The molecule has 1 N–H and O–H groups in total. The third-order valence-corrected chi connectivity index (χ3v) is 5.39. The Morgan fingerprint density at radius 1 is 0.909 bits per heavy atom. The quantitative estimate of drug-likeness (QED) is 0.348. The maximum atomic E-state index is 14.9. The molecule has 33 heavy (non-hydrogen) atoms. The number of hydrogen-bond donors (Lipinski definition) is 1. The van der Waals surface area contributed by atoms with E-state index in [0.717, 1.165) is 11.0 Å². The molecule has 1 atom stereocenters. The van der Waals surface area contributed by atoms with Crippen LogP contribution in [0.15, 0.2) is 72.3 Å². The molecule has 1 unspecified atom stereocenters. The summed E-state index contributed by atoms with van der Waals surface area (Å²) in [4.78, 5) is 27.1. The van der Waals surface area contributed by atoms with Crippen LogP contribution in [0.2, 0.25) is 0 Å². The topological polar surface area (TPSA) is 76.1 Å². The molecule has 1 aliphatic rings. The van der Waals surface area contributed by atoms with Gasteiger partial charge in [-0.15, -0.1) is 0 Å². The number of amides is 1. The van der Waals surface area contributed by atoms with Crippen molar-refractivity contribution in [2.24, 2.45) is 0 Å². The van der Waals surface area contributed by atoms with E-state index in [1.54, 1.807) is 6.07 Å². The number of halogens is 2. The molecule has 0 radical (unpaired) electrons. The first kappa shape index (κ1) is 22.0. The molecule has 1 heterocycles. The van der Waals surface area contributed by atoms with Crippen LogP contribution in [0.3, 0.4) is 0 Å². The van der Waals surface area contributed by atoms with Gasteiger partial charge in [0.1, 0.15) is 17.4 Å². The van der Waals surface area contributed by atoms with Gasteiger partial charge >= 0.3 is 0 Å². The van der Waals surface area contributed by atoms with Crippen LogP contribution in [0.25, 0.3) is 5.76 Å². The van der Waals surface area contributed by atoms with Gasteiger partial charge in [-0.1, -0.05) is 24.3 Å². The number of anilines is 1. The van der Waals surface area contributed by atoms with Crippen LogP contribution >= 0.6 is 0 Å². The number of Topliss-reactive ketones (excluding diaryl/α,β-unsaturated/α-hetero) is 1. The fourth-order valence-electron chi connectivity index (χ4n) is 3.85. The van der Waals surface area contributed by atoms with Crippen LogP contribution in [0.1, 0.15) is 17.2 Å². The minimum Gasteiger partial charge on any atom is -0.507 e. The minimum atomic E-state index is -1.32. The molecule has 3 aromatic rings. The van der Waals surface area contributed by atoms with Crippen molar-refractivity contribution >= 4 is 23.1 Å². The second kappa shape index (κ2) is 8.74. The van der Waals surface area contributed by atoms with Gasteiger partial charge in [-0.25, -0.2) is 8.78 Å². The van der Waals surface area contributed by atoms with Gasteiger partial charge in [-0.3, -0.25) is 14.5 Å². The molecular formula is C25H19F2NO5. The number of methoxy groups -OCH3 is 2. The molecule has 0 saturated carbocycles. The third-order valence-electron chi connectivity index (χ3n) is 5.39. The molecule has 0 aromatic heterocycles. The fraction of sp³-hybridized carbons (Fsp3) is 0.120. The number of aliphatic hydroxyl groups excluding tert-OH is 1. The highest BCUT2D eigenvalue weighted by Crippen LogP contribution is 2.43. The highest BCUT2D eigenvalue weighted by Gasteiger charge is 2.48. The van der Waals surface area contributed by atoms with Crippen molar-refractivity contribution in [3.05, 3.63) is 95.1 Å². The zero-order valence-electron chi connectivity index (χ0n) is 17.7. The minimum absolute atomic E-state index is 0.0250. The second-order valence-corrected chi connectivity index (χ2v) is 7.24. The zero-order chi connectivity index (χ0) is 23.7. The van der Waals surface area contributed by atoms with Crippen LogP contribution in [0.5, 0.6) is 11.5 Å². The van der Waals surface area contributed by atoms with Crippen molar-refractivity contribution in [3.63, 3.8) is 0 Å². The number of carbonyl (C=O) groups excluding carboxylic acids is 2. The molecule has 1 aliphatic heterocycles. The van der Waals surface area contributed by atoms with Gasteiger partial charge in [0.25, 0.3) is 11.7 Å². The monoisotopic (exact) mass is 451 g/mol. The zero-order valence-corrected chi connectivity index (χ0v) is 17.7.